The Morgan fingerprint density at radius 2 is 2.14 bits per heavy atom. The Balaban J connectivity index is 2.32. The summed E-state index contributed by atoms with van der Waals surface area (Å²) in [6.07, 6.45) is 1.99. The lowest BCUT2D eigenvalue weighted by Crippen LogP contribution is -2.40. The molecule has 2 aromatic heterocycles. The highest BCUT2D eigenvalue weighted by molar-refractivity contribution is 6.07. The van der Waals surface area contributed by atoms with Gasteiger partial charge in [0.25, 0.3) is 11.6 Å². The van der Waals surface area contributed by atoms with Crippen LogP contribution in [-0.2, 0) is 4.79 Å². The molecule has 0 aliphatic rings. The molecular weight excluding hydrogens is 286 g/mol. The van der Waals surface area contributed by atoms with Crippen molar-refractivity contribution in [2.75, 3.05) is 0 Å². The number of aliphatic carboxylic acids is 1. The van der Waals surface area contributed by atoms with Gasteiger partial charge < -0.3 is 14.9 Å². The molecule has 1 amide bonds. The lowest BCUT2D eigenvalue weighted by molar-refractivity contribution is -0.139. The number of carbonyl (C=O) groups excluding carboxylic acids is 1. The average molecular weight is 305 g/mol. The Morgan fingerprint density at radius 1 is 1.41 bits per heavy atom. The zero-order chi connectivity index (χ0) is 16.3. The van der Waals surface area contributed by atoms with E-state index in [4.69, 9.17) is 4.52 Å². The number of aromatic nitrogens is 2. The van der Waals surface area contributed by atoms with Crippen LogP contribution in [0.15, 0.2) is 10.6 Å². The summed E-state index contributed by atoms with van der Waals surface area (Å²) in [6, 6.07) is 0.705. The molecule has 0 aromatic carbocycles. The van der Waals surface area contributed by atoms with Gasteiger partial charge in [-0.3, -0.25) is 4.79 Å². The van der Waals surface area contributed by atoms with E-state index in [0.29, 0.717) is 28.8 Å². The zero-order valence-corrected chi connectivity index (χ0v) is 12.8. The quantitative estimate of drug-likeness (QED) is 0.847. The van der Waals surface area contributed by atoms with E-state index in [-0.39, 0.29) is 5.71 Å². The normalized spacial score (nSPS) is 12.3. The van der Waals surface area contributed by atoms with Gasteiger partial charge in [-0.25, -0.2) is 9.78 Å². The van der Waals surface area contributed by atoms with Gasteiger partial charge in [-0.2, -0.15) is 0 Å². The molecule has 22 heavy (non-hydrogen) atoms. The van der Waals surface area contributed by atoms with E-state index in [9.17, 15) is 14.7 Å². The van der Waals surface area contributed by atoms with Crippen LogP contribution in [-0.4, -0.2) is 33.2 Å². The monoisotopic (exact) mass is 305 g/mol. The molecule has 2 heterocycles. The fourth-order valence-electron chi connectivity index (χ4n) is 2.30. The highest BCUT2D eigenvalue weighted by atomic mass is 16.5. The number of amides is 1. The number of unbranched alkanes of at least 4 members (excludes halogenated alkanes) is 1. The van der Waals surface area contributed by atoms with Crippen molar-refractivity contribution in [2.24, 2.45) is 0 Å². The highest BCUT2D eigenvalue weighted by Gasteiger charge is 2.23. The van der Waals surface area contributed by atoms with Crippen molar-refractivity contribution in [2.45, 2.75) is 46.1 Å². The van der Waals surface area contributed by atoms with Gasteiger partial charge in [0.1, 0.15) is 6.04 Å². The summed E-state index contributed by atoms with van der Waals surface area (Å²) >= 11 is 0. The van der Waals surface area contributed by atoms with Crippen LogP contribution < -0.4 is 5.32 Å². The van der Waals surface area contributed by atoms with E-state index in [1.807, 2.05) is 6.92 Å². The lowest BCUT2D eigenvalue weighted by atomic mass is 10.1. The third kappa shape index (κ3) is 3.24. The fraction of sp³-hybridized carbons (Fsp3) is 0.467. The van der Waals surface area contributed by atoms with Crippen LogP contribution in [0.3, 0.4) is 0 Å². The fourth-order valence-corrected chi connectivity index (χ4v) is 2.30. The topological polar surface area (TPSA) is 105 Å². The molecule has 0 aliphatic carbocycles. The summed E-state index contributed by atoms with van der Waals surface area (Å²) in [5.74, 6) is -1.49. The van der Waals surface area contributed by atoms with Crippen LogP contribution in [0.2, 0.25) is 0 Å². The van der Waals surface area contributed by atoms with Gasteiger partial charge in [0.2, 0.25) is 0 Å². The number of carbonyl (C=O) groups is 2. The molecule has 2 N–H and O–H groups in total. The Bertz CT molecular complexity index is 708. The predicted molar refractivity (Wildman–Crippen MR) is 79.7 cm³/mol. The van der Waals surface area contributed by atoms with E-state index in [1.54, 1.807) is 19.9 Å². The summed E-state index contributed by atoms with van der Waals surface area (Å²) in [5.41, 5.74) is 1.77. The van der Waals surface area contributed by atoms with Gasteiger partial charge in [-0.1, -0.05) is 24.9 Å². The molecule has 118 valence electrons. The average Bonchev–Trinajstić information content (AvgIpc) is 2.83. The molecule has 0 fully saturated rings. The number of pyridine rings is 1. The van der Waals surface area contributed by atoms with Crippen LogP contribution in [0.4, 0.5) is 0 Å². The molecule has 0 spiro atoms. The van der Waals surface area contributed by atoms with E-state index in [1.165, 1.54) is 0 Å². The van der Waals surface area contributed by atoms with E-state index in [0.717, 1.165) is 12.8 Å². The first kappa shape index (κ1) is 15.9. The Hall–Kier alpha value is -2.44. The number of nitrogens with one attached hydrogen (secondary N) is 1. The van der Waals surface area contributed by atoms with Gasteiger partial charge in [0, 0.05) is 5.69 Å². The smallest absolute Gasteiger partial charge is 0.326 e. The van der Waals surface area contributed by atoms with E-state index < -0.39 is 17.9 Å². The van der Waals surface area contributed by atoms with Gasteiger partial charge in [0.15, 0.2) is 0 Å². The number of hydrogen-bond donors (Lipinski definition) is 2. The second-order valence-corrected chi connectivity index (χ2v) is 5.27. The number of hydrogen-bond acceptors (Lipinski definition) is 5. The van der Waals surface area contributed by atoms with E-state index in [2.05, 4.69) is 15.5 Å². The van der Waals surface area contributed by atoms with Crippen molar-refractivity contribution in [3.8, 4) is 0 Å². The van der Waals surface area contributed by atoms with Gasteiger partial charge in [-0.05, 0) is 26.3 Å². The molecule has 7 heteroatoms. The molecule has 0 saturated carbocycles. The zero-order valence-electron chi connectivity index (χ0n) is 12.8. The summed E-state index contributed by atoms with van der Waals surface area (Å²) in [5, 5.41) is 16.1. The van der Waals surface area contributed by atoms with Crippen molar-refractivity contribution in [3.63, 3.8) is 0 Å². The number of aryl methyl sites for hydroxylation is 2. The maximum absolute atomic E-state index is 12.5. The number of nitrogens with zero attached hydrogens (tertiary/aromatic N) is 2. The minimum absolute atomic E-state index is 0.281. The van der Waals surface area contributed by atoms with Crippen LogP contribution in [0, 0.1) is 13.8 Å². The number of fused-ring (bicyclic) bond motifs is 1. The summed E-state index contributed by atoms with van der Waals surface area (Å²) in [4.78, 5) is 27.9. The number of carboxylic acid groups (broad SMARTS) is 1. The summed E-state index contributed by atoms with van der Waals surface area (Å²) in [7, 11) is 0. The Labute approximate surface area is 127 Å². The predicted octanol–water partition coefficient (Wildman–Crippen LogP) is 2.21. The van der Waals surface area contributed by atoms with Crippen LogP contribution in [0.1, 0.15) is 47.9 Å². The minimum Gasteiger partial charge on any atom is -0.480 e. The Kier molecular flexibility index (Phi) is 4.75. The van der Waals surface area contributed by atoms with Crippen LogP contribution >= 0.6 is 0 Å². The highest BCUT2D eigenvalue weighted by Crippen LogP contribution is 2.22. The second kappa shape index (κ2) is 6.55. The second-order valence-electron chi connectivity index (χ2n) is 5.27. The maximum Gasteiger partial charge on any atom is 0.326 e. The molecule has 2 aromatic rings. The molecular formula is C15H19N3O4. The molecule has 7 nitrogen and oxygen atoms in total. The van der Waals surface area contributed by atoms with Crippen molar-refractivity contribution in [1.82, 2.24) is 15.5 Å². The molecule has 1 atom stereocenters. The van der Waals surface area contributed by atoms with Gasteiger partial charge in [0.05, 0.1) is 16.6 Å². The molecule has 0 saturated heterocycles. The third-order valence-electron chi connectivity index (χ3n) is 3.44. The minimum atomic E-state index is -1.04. The molecule has 0 unspecified atom stereocenters. The van der Waals surface area contributed by atoms with Crippen molar-refractivity contribution >= 4 is 23.0 Å². The summed E-state index contributed by atoms with van der Waals surface area (Å²) in [6.45, 7) is 5.42. The first-order chi connectivity index (χ1) is 10.4. The van der Waals surface area contributed by atoms with Crippen LogP contribution in [0.25, 0.3) is 11.1 Å². The van der Waals surface area contributed by atoms with Crippen molar-refractivity contribution in [1.29, 1.82) is 0 Å². The molecule has 0 aliphatic heterocycles. The first-order valence-electron chi connectivity index (χ1n) is 7.21. The third-order valence-corrected chi connectivity index (χ3v) is 3.44. The number of carboxylic acids is 1. The first-order valence-corrected chi connectivity index (χ1v) is 7.21. The van der Waals surface area contributed by atoms with Crippen LogP contribution in [0.5, 0.6) is 0 Å². The maximum atomic E-state index is 12.5. The summed E-state index contributed by atoms with van der Waals surface area (Å²) < 4.78 is 5.08. The number of rotatable bonds is 6. The standard InChI is InChI=1S/C15H19N3O4/c1-4-5-6-11(15(20)21)17-13(19)10-7-8(2)16-14-12(10)9(3)18-22-14/h7,11H,4-6H2,1-3H3,(H,17,19)(H,20,21)/t11-/m0/s1. The van der Waals surface area contributed by atoms with Crippen molar-refractivity contribution in [3.05, 3.63) is 23.0 Å². The van der Waals surface area contributed by atoms with E-state index >= 15 is 0 Å². The SMILES string of the molecule is CCCC[C@H](NC(=O)c1cc(C)nc2onc(C)c12)C(=O)O. The lowest BCUT2D eigenvalue weighted by Gasteiger charge is -2.14. The Morgan fingerprint density at radius 3 is 2.77 bits per heavy atom. The largest absolute Gasteiger partial charge is 0.480 e. The van der Waals surface area contributed by atoms with Crippen molar-refractivity contribution < 1.29 is 19.2 Å². The molecule has 0 radical (unpaired) electrons. The van der Waals surface area contributed by atoms with Gasteiger partial charge >= 0.3 is 5.97 Å². The van der Waals surface area contributed by atoms with Gasteiger partial charge in [-0.15, -0.1) is 0 Å². The molecule has 0 bridgehead atoms. The molecule has 2 rings (SSSR count).